The molecule has 0 unspecified atom stereocenters. The third-order valence-electron chi connectivity index (χ3n) is 2.50. The highest BCUT2D eigenvalue weighted by molar-refractivity contribution is 9.10. The second kappa shape index (κ2) is 8.12. The maximum absolute atomic E-state index is 10.6. The summed E-state index contributed by atoms with van der Waals surface area (Å²) in [5.74, 6) is 0. The van der Waals surface area contributed by atoms with Crippen molar-refractivity contribution in [3.8, 4) is 0 Å². The highest BCUT2D eigenvalue weighted by Crippen LogP contribution is 2.26. The Balaban J connectivity index is 2.32. The van der Waals surface area contributed by atoms with E-state index in [4.69, 9.17) is 4.74 Å². The summed E-state index contributed by atoms with van der Waals surface area (Å²) in [5.41, 5.74) is 0.957. The molecule has 0 atom stereocenters. The molecule has 1 aromatic rings. The molecule has 1 aromatic carbocycles. The van der Waals surface area contributed by atoms with Crippen LogP contribution in [0.2, 0.25) is 0 Å². The average molecular weight is 331 g/mol. The lowest BCUT2D eigenvalue weighted by molar-refractivity contribution is -0.384. The van der Waals surface area contributed by atoms with Gasteiger partial charge in [-0.05, 0) is 48.7 Å². The van der Waals surface area contributed by atoms with Gasteiger partial charge in [0, 0.05) is 35.4 Å². The molecule has 106 valence electrons. The summed E-state index contributed by atoms with van der Waals surface area (Å²) < 4.78 is 6.16. The van der Waals surface area contributed by atoms with Crippen molar-refractivity contribution in [3.63, 3.8) is 0 Å². The first-order valence-corrected chi connectivity index (χ1v) is 7.09. The van der Waals surface area contributed by atoms with Crippen LogP contribution in [0, 0.1) is 10.1 Å². The minimum absolute atomic E-state index is 0.0859. The van der Waals surface area contributed by atoms with Crippen molar-refractivity contribution < 1.29 is 9.66 Å². The zero-order chi connectivity index (χ0) is 14.3. The first-order chi connectivity index (χ1) is 9.00. The molecule has 0 radical (unpaired) electrons. The minimum atomic E-state index is -0.405. The summed E-state index contributed by atoms with van der Waals surface area (Å²) in [5, 5.41) is 13.8. The summed E-state index contributed by atoms with van der Waals surface area (Å²) in [6.07, 6.45) is 2.27. The van der Waals surface area contributed by atoms with E-state index in [0.717, 1.165) is 31.7 Å². The van der Waals surface area contributed by atoms with E-state index in [1.165, 1.54) is 12.1 Å². The number of nitro groups is 1. The number of non-ortho nitro benzene ring substituents is 1. The summed E-state index contributed by atoms with van der Waals surface area (Å²) in [6, 6.07) is 4.71. The number of anilines is 1. The number of nitrogens with one attached hydrogen (secondary N) is 1. The molecule has 0 aliphatic carbocycles. The summed E-state index contributed by atoms with van der Waals surface area (Å²) in [4.78, 5) is 10.2. The fourth-order valence-electron chi connectivity index (χ4n) is 1.53. The molecule has 0 aliphatic rings. The smallest absolute Gasteiger partial charge is 0.270 e. The second-order valence-electron chi connectivity index (χ2n) is 4.47. The van der Waals surface area contributed by atoms with E-state index in [1.807, 2.05) is 13.8 Å². The maximum atomic E-state index is 10.6. The van der Waals surface area contributed by atoms with E-state index in [2.05, 4.69) is 21.2 Å². The quantitative estimate of drug-likeness (QED) is 0.445. The maximum Gasteiger partial charge on any atom is 0.270 e. The predicted molar refractivity (Wildman–Crippen MR) is 79.6 cm³/mol. The minimum Gasteiger partial charge on any atom is -0.384 e. The van der Waals surface area contributed by atoms with Crippen LogP contribution in [0.15, 0.2) is 22.7 Å². The topological polar surface area (TPSA) is 64.4 Å². The van der Waals surface area contributed by atoms with Crippen molar-refractivity contribution >= 4 is 27.3 Å². The Morgan fingerprint density at radius 2 is 2.16 bits per heavy atom. The molecule has 0 bridgehead atoms. The SMILES string of the molecule is CC(C)OCCCCNc1ccc([N+](=O)[O-])cc1Br. The van der Waals surface area contributed by atoms with Gasteiger partial charge in [0.1, 0.15) is 0 Å². The van der Waals surface area contributed by atoms with Gasteiger partial charge in [-0.25, -0.2) is 0 Å². The molecule has 19 heavy (non-hydrogen) atoms. The molecule has 0 heterocycles. The van der Waals surface area contributed by atoms with Crippen LogP contribution in [-0.4, -0.2) is 24.2 Å². The van der Waals surface area contributed by atoms with E-state index in [1.54, 1.807) is 6.07 Å². The average Bonchev–Trinajstić information content (AvgIpc) is 2.34. The van der Waals surface area contributed by atoms with E-state index in [9.17, 15) is 10.1 Å². The van der Waals surface area contributed by atoms with Crippen LogP contribution in [0.3, 0.4) is 0 Å². The molecular weight excluding hydrogens is 312 g/mol. The first-order valence-electron chi connectivity index (χ1n) is 6.30. The van der Waals surface area contributed by atoms with Crippen molar-refractivity contribution in [2.45, 2.75) is 32.8 Å². The van der Waals surface area contributed by atoms with E-state index in [0.29, 0.717) is 4.47 Å². The number of hydrogen-bond donors (Lipinski definition) is 1. The van der Waals surface area contributed by atoms with Gasteiger partial charge in [0.05, 0.1) is 11.0 Å². The fraction of sp³-hybridized carbons (Fsp3) is 0.538. The Labute approximate surface area is 121 Å². The summed E-state index contributed by atoms with van der Waals surface area (Å²) >= 11 is 3.33. The van der Waals surface area contributed by atoms with Gasteiger partial charge in [0.15, 0.2) is 0 Å². The van der Waals surface area contributed by atoms with E-state index < -0.39 is 4.92 Å². The van der Waals surface area contributed by atoms with Crippen LogP contribution in [0.1, 0.15) is 26.7 Å². The summed E-state index contributed by atoms with van der Waals surface area (Å²) in [6.45, 7) is 5.62. The van der Waals surface area contributed by atoms with Crippen LogP contribution in [0.5, 0.6) is 0 Å². The molecule has 0 aliphatic heterocycles. The molecule has 5 nitrogen and oxygen atoms in total. The van der Waals surface area contributed by atoms with Crippen molar-refractivity contribution in [2.75, 3.05) is 18.5 Å². The Bertz CT molecular complexity index is 424. The monoisotopic (exact) mass is 330 g/mol. The molecule has 0 saturated heterocycles. The number of unbranched alkanes of at least 4 members (excludes halogenated alkanes) is 1. The predicted octanol–water partition coefficient (Wildman–Crippen LogP) is 3.97. The lowest BCUT2D eigenvalue weighted by atomic mass is 10.2. The van der Waals surface area contributed by atoms with Gasteiger partial charge < -0.3 is 10.1 Å². The van der Waals surface area contributed by atoms with Crippen LogP contribution in [-0.2, 0) is 4.74 Å². The normalized spacial score (nSPS) is 10.7. The Morgan fingerprint density at radius 3 is 2.74 bits per heavy atom. The van der Waals surface area contributed by atoms with Crippen molar-refractivity contribution in [2.24, 2.45) is 0 Å². The molecule has 0 spiro atoms. The van der Waals surface area contributed by atoms with Gasteiger partial charge >= 0.3 is 0 Å². The number of nitrogens with zero attached hydrogens (tertiary/aromatic N) is 1. The highest BCUT2D eigenvalue weighted by atomic mass is 79.9. The van der Waals surface area contributed by atoms with Crippen LogP contribution >= 0.6 is 15.9 Å². The van der Waals surface area contributed by atoms with E-state index in [-0.39, 0.29) is 11.8 Å². The van der Waals surface area contributed by atoms with E-state index >= 15 is 0 Å². The van der Waals surface area contributed by atoms with Crippen molar-refractivity contribution in [1.29, 1.82) is 0 Å². The van der Waals surface area contributed by atoms with Crippen molar-refractivity contribution in [3.05, 3.63) is 32.8 Å². The molecule has 1 N–H and O–H groups in total. The molecule has 0 saturated carbocycles. The van der Waals surface area contributed by atoms with Gasteiger partial charge in [-0.1, -0.05) is 0 Å². The zero-order valence-electron chi connectivity index (χ0n) is 11.2. The molecule has 6 heteroatoms. The van der Waals surface area contributed by atoms with Crippen LogP contribution in [0.25, 0.3) is 0 Å². The number of benzene rings is 1. The third kappa shape index (κ3) is 6.02. The van der Waals surface area contributed by atoms with Gasteiger partial charge in [0.25, 0.3) is 5.69 Å². The lowest BCUT2D eigenvalue weighted by Gasteiger charge is -2.09. The molecule has 0 fully saturated rings. The number of hydrogen-bond acceptors (Lipinski definition) is 4. The second-order valence-corrected chi connectivity index (χ2v) is 5.33. The third-order valence-corrected chi connectivity index (χ3v) is 3.16. The highest BCUT2D eigenvalue weighted by Gasteiger charge is 2.08. The van der Waals surface area contributed by atoms with Crippen molar-refractivity contribution in [1.82, 2.24) is 0 Å². The van der Waals surface area contributed by atoms with Crippen LogP contribution < -0.4 is 5.32 Å². The number of nitro benzene ring substituents is 1. The molecule has 0 amide bonds. The Kier molecular flexibility index (Phi) is 6.80. The van der Waals surface area contributed by atoms with Gasteiger partial charge in [-0.2, -0.15) is 0 Å². The standard InChI is InChI=1S/C13H19BrN2O3/c1-10(2)19-8-4-3-7-15-13-6-5-11(16(17)18)9-12(13)14/h5-6,9-10,15H,3-4,7-8H2,1-2H3. The van der Waals surface area contributed by atoms with Gasteiger partial charge in [-0.15, -0.1) is 0 Å². The number of rotatable bonds is 8. The van der Waals surface area contributed by atoms with Gasteiger partial charge in [0.2, 0.25) is 0 Å². The number of halogens is 1. The van der Waals surface area contributed by atoms with Gasteiger partial charge in [-0.3, -0.25) is 10.1 Å². The largest absolute Gasteiger partial charge is 0.384 e. The lowest BCUT2D eigenvalue weighted by Crippen LogP contribution is -2.07. The molecule has 0 aromatic heterocycles. The Morgan fingerprint density at radius 1 is 1.42 bits per heavy atom. The van der Waals surface area contributed by atoms with Crippen LogP contribution in [0.4, 0.5) is 11.4 Å². The zero-order valence-corrected chi connectivity index (χ0v) is 12.8. The number of ether oxygens (including phenoxy) is 1. The molecular formula is C13H19BrN2O3. The Hall–Kier alpha value is -1.14. The fourth-order valence-corrected chi connectivity index (χ4v) is 2.04. The summed E-state index contributed by atoms with van der Waals surface area (Å²) in [7, 11) is 0. The first kappa shape index (κ1) is 15.9. The molecule has 1 rings (SSSR count).